The van der Waals surface area contributed by atoms with E-state index in [2.05, 4.69) is 15.6 Å². The van der Waals surface area contributed by atoms with E-state index in [0.717, 1.165) is 18.9 Å². The van der Waals surface area contributed by atoms with E-state index in [1.165, 1.54) is 0 Å². The number of hydrogen-bond acceptors (Lipinski definition) is 3. The van der Waals surface area contributed by atoms with Crippen LogP contribution in [0.15, 0.2) is 24.4 Å². The minimum Gasteiger partial charge on any atom is -0.369 e. The molecule has 0 aromatic carbocycles. The summed E-state index contributed by atoms with van der Waals surface area (Å²) in [4.78, 5) is 4.11. The van der Waals surface area contributed by atoms with Gasteiger partial charge in [0.2, 0.25) is 0 Å². The molecule has 2 N–H and O–H groups in total. The third kappa shape index (κ3) is 6.63. The summed E-state index contributed by atoms with van der Waals surface area (Å²) in [6.45, 7) is 1.87. The van der Waals surface area contributed by atoms with Gasteiger partial charge in [-0.2, -0.15) is 0 Å². The number of anilines is 1. The normalized spacial score (nSPS) is 8.08. The molecule has 0 aliphatic rings. The fourth-order valence-corrected chi connectivity index (χ4v) is 0.783. The smallest absolute Gasteiger partial charge is 0.125 e. The molecule has 0 bridgehead atoms. The van der Waals surface area contributed by atoms with Crippen LogP contribution in [-0.2, 0) is 0 Å². The van der Waals surface area contributed by atoms with Gasteiger partial charge >= 0.3 is 0 Å². The minimum absolute atomic E-state index is 0. The number of nitrogens with one attached hydrogen (secondary N) is 2. The van der Waals surface area contributed by atoms with Crippen LogP contribution in [0.2, 0.25) is 0 Å². The summed E-state index contributed by atoms with van der Waals surface area (Å²) in [5.74, 6) is 0.933. The highest BCUT2D eigenvalue weighted by Crippen LogP contribution is 1.97. The van der Waals surface area contributed by atoms with Crippen molar-refractivity contribution in [2.75, 3.05) is 25.5 Å². The summed E-state index contributed by atoms with van der Waals surface area (Å²) in [7, 11) is 1.93. The minimum atomic E-state index is 0. The highest BCUT2D eigenvalue weighted by molar-refractivity contribution is 5.85. The van der Waals surface area contributed by atoms with Crippen LogP contribution < -0.4 is 10.6 Å². The summed E-state index contributed by atoms with van der Waals surface area (Å²) >= 11 is 0. The average Bonchev–Trinajstić information content (AvgIpc) is 2.07. The fraction of sp³-hybridized carbons (Fsp3) is 0.375. The van der Waals surface area contributed by atoms with E-state index in [1.54, 1.807) is 6.20 Å². The molecule has 0 atom stereocenters. The molecule has 1 aromatic heterocycles. The second kappa shape index (κ2) is 9.58. The van der Waals surface area contributed by atoms with Crippen molar-refractivity contribution in [3.8, 4) is 0 Å². The molecule has 0 spiro atoms. The predicted molar refractivity (Wildman–Crippen MR) is 61.1 cm³/mol. The summed E-state index contributed by atoms with van der Waals surface area (Å²) in [5, 5.41) is 6.22. The lowest BCUT2D eigenvalue weighted by atomic mass is 10.4. The van der Waals surface area contributed by atoms with E-state index in [0.29, 0.717) is 0 Å². The Bertz CT molecular complexity index is 194. The second-order valence-electron chi connectivity index (χ2n) is 2.25. The van der Waals surface area contributed by atoms with E-state index in [1.807, 2.05) is 25.2 Å². The van der Waals surface area contributed by atoms with Gasteiger partial charge in [0.05, 0.1) is 0 Å². The maximum atomic E-state index is 4.11. The molecular formula is C8H15Cl2N3. The van der Waals surface area contributed by atoms with Crippen molar-refractivity contribution in [1.29, 1.82) is 0 Å². The van der Waals surface area contributed by atoms with Gasteiger partial charge < -0.3 is 10.6 Å². The van der Waals surface area contributed by atoms with E-state index < -0.39 is 0 Å². The lowest BCUT2D eigenvalue weighted by Gasteiger charge is -2.02. The van der Waals surface area contributed by atoms with Gasteiger partial charge in [-0.15, -0.1) is 24.8 Å². The second-order valence-corrected chi connectivity index (χ2v) is 2.25. The Morgan fingerprint density at radius 3 is 2.54 bits per heavy atom. The largest absolute Gasteiger partial charge is 0.369 e. The van der Waals surface area contributed by atoms with Gasteiger partial charge in [0.15, 0.2) is 0 Å². The molecule has 1 rings (SSSR count). The first-order chi connectivity index (χ1) is 5.43. The van der Waals surface area contributed by atoms with Gasteiger partial charge in [0.1, 0.15) is 5.82 Å². The molecule has 0 unspecified atom stereocenters. The molecule has 0 aliphatic heterocycles. The highest BCUT2D eigenvalue weighted by Gasteiger charge is 1.87. The molecule has 1 heterocycles. The zero-order valence-corrected chi connectivity index (χ0v) is 9.12. The number of hydrogen-bond donors (Lipinski definition) is 2. The van der Waals surface area contributed by atoms with Crippen LogP contribution in [0.5, 0.6) is 0 Å². The van der Waals surface area contributed by atoms with Crippen molar-refractivity contribution in [2.45, 2.75) is 0 Å². The molecular weight excluding hydrogens is 209 g/mol. The predicted octanol–water partition coefficient (Wildman–Crippen LogP) is 1.56. The monoisotopic (exact) mass is 223 g/mol. The van der Waals surface area contributed by atoms with Gasteiger partial charge in [-0.3, -0.25) is 0 Å². The molecule has 5 heteroatoms. The van der Waals surface area contributed by atoms with Crippen LogP contribution in [0.4, 0.5) is 5.82 Å². The van der Waals surface area contributed by atoms with Crippen molar-refractivity contribution < 1.29 is 0 Å². The van der Waals surface area contributed by atoms with Gasteiger partial charge in [0, 0.05) is 19.3 Å². The molecule has 3 nitrogen and oxygen atoms in total. The van der Waals surface area contributed by atoms with Gasteiger partial charge in [-0.05, 0) is 19.2 Å². The summed E-state index contributed by atoms with van der Waals surface area (Å²) in [5.41, 5.74) is 0. The van der Waals surface area contributed by atoms with Crippen molar-refractivity contribution in [2.24, 2.45) is 0 Å². The molecule has 13 heavy (non-hydrogen) atoms. The van der Waals surface area contributed by atoms with E-state index in [4.69, 9.17) is 0 Å². The Balaban J connectivity index is 0. The first-order valence-corrected chi connectivity index (χ1v) is 3.73. The molecule has 0 saturated carbocycles. The SMILES string of the molecule is CNCCNc1ccccn1.Cl.Cl. The summed E-state index contributed by atoms with van der Waals surface area (Å²) in [6.07, 6.45) is 1.78. The van der Waals surface area contributed by atoms with Gasteiger partial charge in [-0.1, -0.05) is 6.07 Å². The Morgan fingerprint density at radius 2 is 2.00 bits per heavy atom. The van der Waals surface area contributed by atoms with Crippen molar-refractivity contribution in [1.82, 2.24) is 10.3 Å². The lowest BCUT2D eigenvalue weighted by molar-refractivity contribution is 0.821. The third-order valence-corrected chi connectivity index (χ3v) is 1.35. The van der Waals surface area contributed by atoms with E-state index in [9.17, 15) is 0 Å². The van der Waals surface area contributed by atoms with E-state index in [-0.39, 0.29) is 24.8 Å². The lowest BCUT2D eigenvalue weighted by Crippen LogP contribution is -2.17. The number of likely N-dealkylation sites (N-methyl/N-ethyl adjacent to an activating group) is 1. The summed E-state index contributed by atoms with van der Waals surface area (Å²) < 4.78 is 0. The maximum Gasteiger partial charge on any atom is 0.125 e. The molecule has 0 saturated heterocycles. The zero-order chi connectivity index (χ0) is 7.94. The third-order valence-electron chi connectivity index (χ3n) is 1.35. The van der Waals surface area contributed by atoms with Crippen LogP contribution >= 0.6 is 24.8 Å². The Hall–Kier alpha value is -0.510. The Morgan fingerprint density at radius 1 is 1.23 bits per heavy atom. The van der Waals surface area contributed by atoms with Crippen LogP contribution in [0.3, 0.4) is 0 Å². The first-order valence-electron chi connectivity index (χ1n) is 3.73. The average molecular weight is 224 g/mol. The van der Waals surface area contributed by atoms with E-state index >= 15 is 0 Å². The fourth-order valence-electron chi connectivity index (χ4n) is 0.783. The molecule has 0 aliphatic carbocycles. The number of nitrogens with zero attached hydrogens (tertiary/aromatic N) is 1. The van der Waals surface area contributed by atoms with Crippen LogP contribution in [0, 0.1) is 0 Å². The maximum absolute atomic E-state index is 4.11. The number of rotatable bonds is 4. The van der Waals surface area contributed by atoms with Crippen LogP contribution in [0.25, 0.3) is 0 Å². The van der Waals surface area contributed by atoms with Crippen molar-refractivity contribution >= 4 is 30.6 Å². The molecule has 0 amide bonds. The molecule has 0 radical (unpaired) electrons. The molecule has 0 fully saturated rings. The van der Waals surface area contributed by atoms with Crippen LogP contribution in [-0.4, -0.2) is 25.1 Å². The number of halogens is 2. The number of aromatic nitrogens is 1. The quantitative estimate of drug-likeness (QED) is 0.762. The highest BCUT2D eigenvalue weighted by atomic mass is 35.5. The molecule has 76 valence electrons. The Kier molecular flexibility index (Phi) is 11.0. The van der Waals surface area contributed by atoms with Gasteiger partial charge in [0.25, 0.3) is 0 Å². The standard InChI is InChI=1S/C8H13N3.2ClH/c1-9-6-7-11-8-4-2-3-5-10-8;;/h2-5,9H,6-7H2,1H3,(H,10,11);2*1H. The molecule has 1 aromatic rings. The topological polar surface area (TPSA) is 37.0 Å². The van der Waals surface area contributed by atoms with Gasteiger partial charge in [-0.25, -0.2) is 4.98 Å². The summed E-state index contributed by atoms with van der Waals surface area (Å²) in [6, 6.07) is 5.83. The van der Waals surface area contributed by atoms with Crippen molar-refractivity contribution in [3.05, 3.63) is 24.4 Å². The zero-order valence-electron chi connectivity index (χ0n) is 7.49. The van der Waals surface area contributed by atoms with Crippen molar-refractivity contribution in [3.63, 3.8) is 0 Å². The Labute approximate surface area is 91.2 Å². The van der Waals surface area contributed by atoms with Crippen LogP contribution in [0.1, 0.15) is 0 Å². The first kappa shape index (κ1) is 15.0. The number of pyridine rings is 1.